The number of carbonyl (C=O) groups is 2. The number of hydrogen-bond acceptors (Lipinski definition) is 2. The highest BCUT2D eigenvalue weighted by molar-refractivity contribution is 5.85. The second kappa shape index (κ2) is 9.75. The van der Waals surface area contributed by atoms with Gasteiger partial charge in [0.1, 0.15) is 5.78 Å². The van der Waals surface area contributed by atoms with Crippen LogP contribution in [0.4, 0.5) is 0 Å². The van der Waals surface area contributed by atoms with Crippen molar-refractivity contribution in [3.8, 4) is 0 Å². The lowest BCUT2D eigenvalue weighted by atomic mass is 9.79. The molecule has 1 aliphatic rings. The first-order valence-electron chi connectivity index (χ1n) is 8.52. The molecule has 21 heavy (non-hydrogen) atoms. The number of carboxylic acids is 1. The fourth-order valence-electron chi connectivity index (χ4n) is 3.44. The number of carboxylic acid groups (broad SMARTS) is 1. The molecular weight excluding hydrogens is 264 g/mol. The average Bonchev–Trinajstić information content (AvgIpc) is 2.80. The summed E-state index contributed by atoms with van der Waals surface area (Å²) in [5, 5.41) is 9.54. The van der Waals surface area contributed by atoms with E-state index in [0.29, 0.717) is 6.42 Å². The molecule has 1 aliphatic carbocycles. The highest BCUT2D eigenvalue weighted by Crippen LogP contribution is 2.39. The van der Waals surface area contributed by atoms with Crippen LogP contribution in [0.5, 0.6) is 0 Å². The standard InChI is InChI=1S/C18H30O3/c1-3-5-7-9-11-16(18(20)21)14-12-13-17(19)15(14)10-8-6-4-2/h6,8,14-16H,3-5,7,9-13H2,1-2H3,(H,20,21). The predicted octanol–water partition coefficient (Wildman–Crippen LogP) is 4.61. The van der Waals surface area contributed by atoms with Crippen molar-refractivity contribution < 1.29 is 14.7 Å². The smallest absolute Gasteiger partial charge is 0.306 e. The summed E-state index contributed by atoms with van der Waals surface area (Å²) in [6.45, 7) is 4.22. The number of aliphatic carboxylic acids is 1. The van der Waals surface area contributed by atoms with Gasteiger partial charge in [-0.05, 0) is 31.6 Å². The lowest BCUT2D eigenvalue weighted by Gasteiger charge is -2.24. The summed E-state index contributed by atoms with van der Waals surface area (Å²) in [5.74, 6) is -0.817. The van der Waals surface area contributed by atoms with Gasteiger partial charge < -0.3 is 5.11 Å². The van der Waals surface area contributed by atoms with Gasteiger partial charge in [0.05, 0.1) is 5.92 Å². The fraction of sp³-hybridized carbons (Fsp3) is 0.778. The maximum absolute atomic E-state index is 12.1. The van der Waals surface area contributed by atoms with Gasteiger partial charge in [0, 0.05) is 12.3 Å². The Morgan fingerprint density at radius 3 is 2.67 bits per heavy atom. The van der Waals surface area contributed by atoms with E-state index in [1.54, 1.807) is 0 Å². The van der Waals surface area contributed by atoms with Crippen LogP contribution in [0, 0.1) is 17.8 Å². The van der Waals surface area contributed by atoms with Crippen LogP contribution in [0.2, 0.25) is 0 Å². The molecule has 0 aromatic rings. The van der Waals surface area contributed by atoms with Gasteiger partial charge in [-0.1, -0.05) is 51.7 Å². The normalized spacial score (nSPS) is 23.8. The molecule has 0 bridgehead atoms. The number of allylic oxidation sites excluding steroid dienone is 2. The summed E-state index contributed by atoms with van der Waals surface area (Å²) >= 11 is 0. The van der Waals surface area contributed by atoms with Gasteiger partial charge >= 0.3 is 5.97 Å². The number of Topliss-reactive ketones (excluding diaryl/α,β-unsaturated/α-hetero) is 1. The molecule has 1 N–H and O–H groups in total. The molecule has 0 aromatic heterocycles. The third-order valence-corrected chi connectivity index (χ3v) is 4.65. The van der Waals surface area contributed by atoms with E-state index in [0.717, 1.165) is 44.9 Å². The van der Waals surface area contributed by atoms with Crippen LogP contribution in [0.25, 0.3) is 0 Å². The average molecular weight is 294 g/mol. The van der Waals surface area contributed by atoms with Crippen LogP contribution in [0.15, 0.2) is 12.2 Å². The van der Waals surface area contributed by atoms with Gasteiger partial charge in [-0.3, -0.25) is 9.59 Å². The molecule has 3 unspecified atom stereocenters. The molecule has 0 amide bonds. The molecule has 3 heteroatoms. The first-order chi connectivity index (χ1) is 10.1. The molecule has 0 aromatic carbocycles. The summed E-state index contributed by atoms with van der Waals surface area (Å²) in [4.78, 5) is 23.7. The van der Waals surface area contributed by atoms with E-state index in [1.807, 2.05) is 0 Å². The zero-order chi connectivity index (χ0) is 15.7. The second-order valence-corrected chi connectivity index (χ2v) is 6.18. The summed E-state index contributed by atoms with van der Waals surface area (Å²) in [6, 6.07) is 0. The zero-order valence-corrected chi connectivity index (χ0v) is 13.5. The van der Waals surface area contributed by atoms with Crippen molar-refractivity contribution in [2.24, 2.45) is 17.8 Å². The van der Waals surface area contributed by atoms with Crippen molar-refractivity contribution in [3.05, 3.63) is 12.2 Å². The minimum atomic E-state index is -0.712. The minimum Gasteiger partial charge on any atom is -0.481 e. The molecule has 3 atom stereocenters. The molecule has 0 heterocycles. The van der Waals surface area contributed by atoms with Gasteiger partial charge in [-0.2, -0.15) is 0 Å². The Hall–Kier alpha value is -1.12. The summed E-state index contributed by atoms with van der Waals surface area (Å²) in [6.07, 6.45) is 12.2. The number of ketones is 1. The Morgan fingerprint density at radius 1 is 1.29 bits per heavy atom. The van der Waals surface area contributed by atoms with Gasteiger partial charge in [-0.25, -0.2) is 0 Å². The van der Waals surface area contributed by atoms with Crippen molar-refractivity contribution >= 4 is 11.8 Å². The lowest BCUT2D eigenvalue weighted by Crippen LogP contribution is -2.28. The van der Waals surface area contributed by atoms with Crippen molar-refractivity contribution in [2.75, 3.05) is 0 Å². The monoisotopic (exact) mass is 294 g/mol. The van der Waals surface area contributed by atoms with E-state index in [2.05, 4.69) is 26.0 Å². The molecule has 0 radical (unpaired) electrons. The van der Waals surface area contributed by atoms with Crippen LogP contribution in [0.3, 0.4) is 0 Å². The largest absolute Gasteiger partial charge is 0.481 e. The quantitative estimate of drug-likeness (QED) is 0.473. The van der Waals surface area contributed by atoms with Crippen molar-refractivity contribution in [2.45, 2.75) is 71.6 Å². The number of rotatable bonds is 10. The van der Waals surface area contributed by atoms with Crippen LogP contribution in [-0.2, 0) is 9.59 Å². The lowest BCUT2D eigenvalue weighted by molar-refractivity contribution is -0.144. The molecular formula is C18H30O3. The highest BCUT2D eigenvalue weighted by Gasteiger charge is 2.41. The van der Waals surface area contributed by atoms with Crippen LogP contribution in [0.1, 0.15) is 71.6 Å². The molecule has 1 rings (SSSR count). The van der Waals surface area contributed by atoms with Gasteiger partial charge in [0.15, 0.2) is 0 Å². The Balaban J connectivity index is 2.63. The third-order valence-electron chi connectivity index (χ3n) is 4.65. The summed E-state index contributed by atoms with van der Waals surface area (Å²) < 4.78 is 0. The number of unbranched alkanes of at least 4 members (excludes halogenated alkanes) is 3. The molecule has 1 saturated carbocycles. The van der Waals surface area contributed by atoms with Crippen LogP contribution in [-0.4, -0.2) is 16.9 Å². The Bertz CT molecular complexity index is 359. The zero-order valence-electron chi connectivity index (χ0n) is 13.5. The number of hydrogen-bond donors (Lipinski definition) is 1. The Morgan fingerprint density at radius 2 is 2.05 bits per heavy atom. The molecule has 1 fully saturated rings. The van der Waals surface area contributed by atoms with Crippen LogP contribution < -0.4 is 0 Å². The van der Waals surface area contributed by atoms with E-state index in [1.165, 1.54) is 6.42 Å². The maximum atomic E-state index is 12.1. The van der Waals surface area contributed by atoms with Gasteiger partial charge in [-0.15, -0.1) is 0 Å². The van der Waals surface area contributed by atoms with E-state index >= 15 is 0 Å². The van der Waals surface area contributed by atoms with Crippen LogP contribution >= 0.6 is 0 Å². The molecule has 0 saturated heterocycles. The van der Waals surface area contributed by atoms with E-state index in [4.69, 9.17) is 0 Å². The Labute approximate surface area is 128 Å². The predicted molar refractivity (Wildman–Crippen MR) is 85.2 cm³/mol. The summed E-state index contributed by atoms with van der Waals surface area (Å²) in [5.41, 5.74) is 0. The van der Waals surface area contributed by atoms with Gasteiger partial charge in [0.2, 0.25) is 0 Å². The van der Waals surface area contributed by atoms with E-state index < -0.39 is 5.97 Å². The minimum absolute atomic E-state index is 0.0399. The second-order valence-electron chi connectivity index (χ2n) is 6.18. The maximum Gasteiger partial charge on any atom is 0.306 e. The Kier molecular flexibility index (Phi) is 8.33. The van der Waals surface area contributed by atoms with E-state index in [-0.39, 0.29) is 23.5 Å². The van der Waals surface area contributed by atoms with Crippen molar-refractivity contribution in [1.29, 1.82) is 0 Å². The molecule has 120 valence electrons. The third kappa shape index (κ3) is 5.64. The topological polar surface area (TPSA) is 54.4 Å². The van der Waals surface area contributed by atoms with E-state index in [9.17, 15) is 14.7 Å². The first-order valence-corrected chi connectivity index (χ1v) is 8.52. The molecule has 0 aliphatic heterocycles. The van der Waals surface area contributed by atoms with Crippen molar-refractivity contribution in [1.82, 2.24) is 0 Å². The highest BCUT2D eigenvalue weighted by atomic mass is 16.4. The molecule has 3 nitrogen and oxygen atoms in total. The van der Waals surface area contributed by atoms with Gasteiger partial charge in [0.25, 0.3) is 0 Å². The molecule has 0 spiro atoms. The van der Waals surface area contributed by atoms with Crippen molar-refractivity contribution in [3.63, 3.8) is 0 Å². The first kappa shape index (κ1) is 17.9. The number of carbonyl (C=O) groups excluding carboxylic acids is 1. The summed E-state index contributed by atoms with van der Waals surface area (Å²) in [7, 11) is 0. The fourth-order valence-corrected chi connectivity index (χ4v) is 3.44. The SMILES string of the molecule is CCC=CCC1C(=O)CCC1C(CCCCCC)C(=O)O.